The van der Waals surface area contributed by atoms with Crippen molar-refractivity contribution in [2.45, 2.75) is 11.3 Å². The number of carbonyl (C=O) groups is 2. The van der Waals surface area contributed by atoms with Crippen LogP contribution in [-0.2, 0) is 14.3 Å². The molecule has 1 heterocycles. The molecule has 1 saturated heterocycles. The Morgan fingerprint density at radius 3 is 2.82 bits per heavy atom. The average Bonchev–Trinajstić information content (AvgIpc) is 2.71. The number of benzene rings is 1. The summed E-state index contributed by atoms with van der Waals surface area (Å²) in [6.07, 6.45) is 0.203. The van der Waals surface area contributed by atoms with Crippen molar-refractivity contribution < 1.29 is 14.3 Å². The number of carbonyl (C=O) groups excluding carboxylic acids is 2. The summed E-state index contributed by atoms with van der Waals surface area (Å²) in [6.45, 7) is 0.364. The van der Waals surface area contributed by atoms with E-state index in [1.807, 2.05) is 24.3 Å². The Morgan fingerprint density at radius 2 is 2.18 bits per heavy atom. The number of hydrogen-bond donors (Lipinski definition) is 1. The second-order valence-corrected chi connectivity index (χ2v) is 4.40. The first-order valence-corrected chi connectivity index (χ1v) is 5.74. The van der Waals surface area contributed by atoms with Crippen molar-refractivity contribution in [2.24, 2.45) is 5.92 Å². The smallest absolute Gasteiger partial charge is 0.311 e. The van der Waals surface area contributed by atoms with Gasteiger partial charge in [0.05, 0.1) is 18.7 Å². The molecule has 0 spiro atoms. The fourth-order valence-electron chi connectivity index (χ4n) is 1.96. The molecule has 0 bridgehead atoms. The highest BCUT2D eigenvalue weighted by atomic mass is 32.1. The van der Waals surface area contributed by atoms with Gasteiger partial charge in [0.2, 0.25) is 5.91 Å². The Hall–Kier alpha value is -1.49. The Morgan fingerprint density at radius 1 is 1.47 bits per heavy atom. The molecule has 0 saturated carbocycles. The molecule has 1 aromatic rings. The van der Waals surface area contributed by atoms with Crippen LogP contribution in [0.15, 0.2) is 29.2 Å². The molecule has 0 N–H and O–H groups in total. The van der Waals surface area contributed by atoms with Gasteiger partial charge in [0.1, 0.15) is 0 Å². The quantitative estimate of drug-likeness (QED) is 0.640. The van der Waals surface area contributed by atoms with Crippen molar-refractivity contribution in [3.63, 3.8) is 0 Å². The van der Waals surface area contributed by atoms with Crippen LogP contribution >= 0.6 is 12.6 Å². The first-order chi connectivity index (χ1) is 8.13. The number of nitrogens with zero attached hydrogens (tertiary/aromatic N) is 1. The minimum atomic E-state index is -0.375. The van der Waals surface area contributed by atoms with Crippen LogP contribution in [-0.4, -0.2) is 25.5 Å². The van der Waals surface area contributed by atoms with Crippen LogP contribution in [0.4, 0.5) is 5.69 Å². The van der Waals surface area contributed by atoms with Gasteiger partial charge in [0.25, 0.3) is 0 Å². The van der Waals surface area contributed by atoms with E-state index in [1.165, 1.54) is 7.11 Å². The molecule has 2 rings (SSSR count). The summed E-state index contributed by atoms with van der Waals surface area (Å²) < 4.78 is 4.66. The van der Waals surface area contributed by atoms with Gasteiger partial charge < -0.3 is 9.64 Å². The standard InChI is InChI=1S/C12H13NO3S/c1-16-12(15)8-6-11(14)13(7-8)9-4-2-3-5-10(9)17/h2-5,8,17H,6-7H2,1H3. The molecule has 1 amide bonds. The summed E-state index contributed by atoms with van der Waals surface area (Å²) in [5.74, 6) is -0.778. The highest BCUT2D eigenvalue weighted by Gasteiger charge is 2.36. The molecule has 0 aliphatic carbocycles. The van der Waals surface area contributed by atoms with E-state index >= 15 is 0 Å². The number of rotatable bonds is 2. The van der Waals surface area contributed by atoms with Crippen molar-refractivity contribution in [1.29, 1.82) is 0 Å². The van der Waals surface area contributed by atoms with Crippen molar-refractivity contribution in [3.05, 3.63) is 24.3 Å². The molecule has 1 aliphatic rings. The van der Waals surface area contributed by atoms with Gasteiger partial charge in [-0.2, -0.15) is 0 Å². The fourth-order valence-corrected chi connectivity index (χ4v) is 2.24. The summed E-state index contributed by atoms with van der Waals surface area (Å²) >= 11 is 4.31. The van der Waals surface area contributed by atoms with Crippen molar-refractivity contribution in [2.75, 3.05) is 18.6 Å². The lowest BCUT2D eigenvalue weighted by molar-refractivity contribution is -0.145. The monoisotopic (exact) mass is 251 g/mol. The van der Waals surface area contributed by atoms with Gasteiger partial charge in [-0.3, -0.25) is 9.59 Å². The minimum absolute atomic E-state index is 0.0677. The van der Waals surface area contributed by atoms with Crippen molar-refractivity contribution in [3.8, 4) is 0 Å². The van der Waals surface area contributed by atoms with Gasteiger partial charge in [-0.15, -0.1) is 12.6 Å². The van der Waals surface area contributed by atoms with E-state index in [0.717, 1.165) is 10.6 Å². The topological polar surface area (TPSA) is 46.6 Å². The first-order valence-electron chi connectivity index (χ1n) is 5.29. The molecule has 1 aliphatic heterocycles. The second kappa shape index (κ2) is 4.79. The number of methoxy groups -OCH3 is 1. The molecule has 1 unspecified atom stereocenters. The lowest BCUT2D eigenvalue weighted by atomic mass is 10.1. The number of amides is 1. The van der Waals surface area contributed by atoms with Crippen LogP contribution in [0.2, 0.25) is 0 Å². The van der Waals surface area contributed by atoms with Gasteiger partial charge >= 0.3 is 5.97 Å². The third kappa shape index (κ3) is 2.29. The van der Waals surface area contributed by atoms with Crippen LogP contribution in [0.1, 0.15) is 6.42 Å². The van der Waals surface area contributed by atoms with Crippen LogP contribution in [0.25, 0.3) is 0 Å². The Kier molecular flexibility index (Phi) is 3.38. The van der Waals surface area contributed by atoms with E-state index < -0.39 is 0 Å². The van der Waals surface area contributed by atoms with E-state index in [4.69, 9.17) is 0 Å². The van der Waals surface area contributed by atoms with Gasteiger partial charge in [0.15, 0.2) is 0 Å². The maximum Gasteiger partial charge on any atom is 0.311 e. The molecule has 0 radical (unpaired) electrons. The minimum Gasteiger partial charge on any atom is -0.469 e. The van der Waals surface area contributed by atoms with Crippen LogP contribution in [0, 0.1) is 5.92 Å². The van der Waals surface area contributed by atoms with Crippen LogP contribution in [0.3, 0.4) is 0 Å². The summed E-state index contributed by atoms with van der Waals surface area (Å²) in [7, 11) is 1.34. The first kappa shape index (κ1) is 12.0. The summed E-state index contributed by atoms with van der Waals surface area (Å²) in [6, 6.07) is 7.33. The fraction of sp³-hybridized carbons (Fsp3) is 0.333. The molecule has 1 fully saturated rings. The summed E-state index contributed by atoms with van der Waals surface area (Å²) in [5, 5.41) is 0. The largest absolute Gasteiger partial charge is 0.469 e. The van der Waals surface area contributed by atoms with E-state index in [9.17, 15) is 9.59 Å². The van der Waals surface area contributed by atoms with Crippen molar-refractivity contribution >= 4 is 30.2 Å². The maximum atomic E-state index is 11.8. The highest BCUT2D eigenvalue weighted by Crippen LogP contribution is 2.30. The van der Waals surface area contributed by atoms with E-state index in [-0.39, 0.29) is 24.2 Å². The Labute approximate surface area is 105 Å². The maximum absolute atomic E-state index is 11.8. The summed E-state index contributed by atoms with van der Waals surface area (Å²) in [4.78, 5) is 25.6. The average molecular weight is 251 g/mol. The third-order valence-electron chi connectivity index (χ3n) is 2.83. The van der Waals surface area contributed by atoms with Crippen LogP contribution in [0.5, 0.6) is 0 Å². The zero-order valence-corrected chi connectivity index (χ0v) is 10.3. The third-order valence-corrected chi connectivity index (χ3v) is 3.21. The lowest BCUT2D eigenvalue weighted by Crippen LogP contribution is -2.26. The molecular weight excluding hydrogens is 238 g/mol. The molecule has 90 valence electrons. The normalized spacial score (nSPS) is 19.5. The number of anilines is 1. The molecule has 1 atom stereocenters. The zero-order chi connectivity index (χ0) is 12.4. The van der Waals surface area contributed by atoms with Crippen molar-refractivity contribution in [1.82, 2.24) is 0 Å². The Bertz CT molecular complexity index is 461. The lowest BCUT2D eigenvalue weighted by Gasteiger charge is -2.18. The van der Waals surface area contributed by atoms with Gasteiger partial charge in [-0.1, -0.05) is 12.1 Å². The number of hydrogen-bond acceptors (Lipinski definition) is 4. The van der Waals surface area contributed by atoms with Gasteiger partial charge in [-0.05, 0) is 12.1 Å². The molecule has 4 nitrogen and oxygen atoms in total. The van der Waals surface area contributed by atoms with Gasteiger partial charge in [-0.25, -0.2) is 0 Å². The molecular formula is C12H13NO3S. The van der Waals surface area contributed by atoms with E-state index in [2.05, 4.69) is 17.4 Å². The number of para-hydroxylation sites is 1. The zero-order valence-electron chi connectivity index (χ0n) is 9.42. The summed E-state index contributed by atoms with van der Waals surface area (Å²) in [5.41, 5.74) is 0.743. The molecule has 1 aromatic carbocycles. The number of esters is 1. The molecule has 0 aromatic heterocycles. The predicted molar refractivity (Wildman–Crippen MR) is 66.2 cm³/mol. The highest BCUT2D eigenvalue weighted by molar-refractivity contribution is 7.80. The predicted octanol–water partition coefficient (Wildman–Crippen LogP) is 1.50. The number of ether oxygens (including phenoxy) is 1. The Balaban J connectivity index is 2.22. The second-order valence-electron chi connectivity index (χ2n) is 3.92. The SMILES string of the molecule is COC(=O)C1CC(=O)N(c2ccccc2S)C1. The molecule has 5 heteroatoms. The van der Waals surface area contributed by atoms with E-state index in [0.29, 0.717) is 6.54 Å². The van der Waals surface area contributed by atoms with Gasteiger partial charge in [0, 0.05) is 17.9 Å². The van der Waals surface area contributed by atoms with E-state index in [1.54, 1.807) is 4.90 Å². The van der Waals surface area contributed by atoms with Crippen LogP contribution < -0.4 is 4.90 Å². The molecule has 17 heavy (non-hydrogen) atoms. The number of thiol groups is 1.